The Labute approximate surface area is 122 Å². The molecular weight excluding hydrogens is 248 g/mol. The predicted octanol–water partition coefficient (Wildman–Crippen LogP) is 2.14. The fraction of sp³-hybridized carbons (Fsp3) is 0.647. The second kappa shape index (κ2) is 6.25. The minimum Gasteiger partial charge on any atom is -0.387 e. The quantitative estimate of drug-likeness (QED) is 0.915. The first kappa shape index (κ1) is 14.1. The van der Waals surface area contributed by atoms with E-state index in [0.717, 1.165) is 37.2 Å². The molecule has 2 fully saturated rings. The number of fused-ring (bicyclic) bond motifs is 1. The van der Waals surface area contributed by atoms with Crippen molar-refractivity contribution < 1.29 is 5.11 Å². The van der Waals surface area contributed by atoms with Gasteiger partial charge in [0.2, 0.25) is 0 Å². The topological polar surface area (TPSA) is 26.7 Å². The van der Waals surface area contributed by atoms with Gasteiger partial charge >= 0.3 is 0 Å². The molecule has 2 aliphatic rings. The van der Waals surface area contributed by atoms with Crippen molar-refractivity contribution in [2.24, 2.45) is 5.92 Å². The Morgan fingerprint density at radius 2 is 2.00 bits per heavy atom. The molecule has 0 aromatic heterocycles. The highest BCUT2D eigenvalue weighted by Crippen LogP contribution is 2.30. The maximum Gasteiger partial charge on any atom is 0.0916 e. The van der Waals surface area contributed by atoms with Crippen molar-refractivity contribution in [1.29, 1.82) is 0 Å². The molecule has 110 valence electrons. The van der Waals surface area contributed by atoms with Gasteiger partial charge in [0.05, 0.1) is 6.10 Å². The summed E-state index contributed by atoms with van der Waals surface area (Å²) in [6.45, 7) is 4.30. The lowest BCUT2D eigenvalue weighted by molar-refractivity contribution is 0.0174. The van der Waals surface area contributed by atoms with Crippen LogP contribution in [0, 0.1) is 5.92 Å². The smallest absolute Gasteiger partial charge is 0.0916 e. The molecule has 3 atom stereocenters. The van der Waals surface area contributed by atoms with E-state index in [1.807, 2.05) is 30.3 Å². The summed E-state index contributed by atoms with van der Waals surface area (Å²) in [5.41, 5.74) is 1.04. The van der Waals surface area contributed by atoms with Crippen LogP contribution in [0.15, 0.2) is 30.3 Å². The molecule has 2 saturated heterocycles. The second-order valence-corrected chi connectivity index (χ2v) is 6.42. The lowest BCUT2D eigenvalue weighted by atomic mass is 9.84. The summed E-state index contributed by atoms with van der Waals surface area (Å²) >= 11 is 0. The number of hydrogen-bond acceptors (Lipinski definition) is 3. The van der Waals surface area contributed by atoms with Crippen molar-refractivity contribution in [3.05, 3.63) is 35.9 Å². The average molecular weight is 274 g/mol. The lowest BCUT2D eigenvalue weighted by Crippen LogP contribution is -2.53. The van der Waals surface area contributed by atoms with Crippen LogP contribution >= 0.6 is 0 Å². The van der Waals surface area contributed by atoms with E-state index in [1.165, 1.54) is 25.8 Å². The molecule has 0 saturated carbocycles. The van der Waals surface area contributed by atoms with Gasteiger partial charge in [-0.05, 0) is 50.9 Å². The molecule has 20 heavy (non-hydrogen) atoms. The maximum absolute atomic E-state index is 10.4. The van der Waals surface area contributed by atoms with Crippen LogP contribution in [-0.2, 0) is 0 Å². The Hall–Kier alpha value is -0.900. The highest BCUT2D eigenvalue weighted by atomic mass is 16.3. The second-order valence-electron chi connectivity index (χ2n) is 6.42. The number of aliphatic hydroxyl groups excluding tert-OH is 1. The van der Waals surface area contributed by atoms with Crippen molar-refractivity contribution >= 4 is 0 Å². The van der Waals surface area contributed by atoms with Gasteiger partial charge in [0, 0.05) is 19.1 Å². The fourth-order valence-corrected chi connectivity index (χ4v) is 3.92. The molecule has 3 nitrogen and oxygen atoms in total. The summed E-state index contributed by atoms with van der Waals surface area (Å²) in [7, 11) is 2.27. The highest BCUT2D eigenvalue weighted by Gasteiger charge is 2.34. The predicted molar refractivity (Wildman–Crippen MR) is 81.6 cm³/mol. The number of nitrogens with zero attached hydrogens (tertiary/aromatic N) is 2. The Balaban J connectivity index is 1.57. The number of likely N-dealkylation sites (tertiary alicyclic amines) is 2. The molecule has 1 aromatic carbocycles. The first-order valence-corrected chi connectivity index (χ1v) is 7.89. The third-order valence-corrected chi connectivity index (χ3v) is 5.05. The molecule has 2 heterocycles. The number of rotatable bonds is 3. The van der Waals surface area contributed by atoms with Gasteiger partial charge in [-0.1, -0.05) is 30.3 Å². The van der Waals surface area contributed by atoms with Crippen molar-refractivity contribution in [1.82, 2.24) is 9.80 Å². The van der Waals surface area contributed by atoms with E-state index in [1.54, 1.807) is 0 Å². The Morgan fingerprint density at radius 1 is 1.20 bits per heavy atom. The van der Waals surface area contributed by atoms with E-state index >= 15 is 0 Å². The van der Waals surface area contributed by atoms with Gasteiger partial charge in [0.25, 0.3) is 0 Å². The first-order valence-electron chi connectivity index (χ1n) is 7.89. The zero-order valence-electron chi connectivity index (χ0n) is 12.4. The SMILES string of the molecule is CN1CCCC2CN(CC(O)c3ccccc3)CCC21. The number of hydrogen-bond donors (Lipinski definition) is 1. The Morgan fingerprint density at radius 3 is 2.80 bits per heavy atom. The van der Waals surface area contributed by atoms with Crippen molar-refractivity contribution in [2.75, 3.05) is 33.2 Å². The summed E-state index contributed by atoms with van der Waals surface area (Å²) in [5, 5.41) is 10.4. The summed E-state index contributed by atoms with van der Waals surface area (Å²) in [6.07, 6.45) is 3.58. The summed E-state index contributed by atoms with van der Waals surface area (Å²) in [4.78, 5) is 5.00. The molecule has 3 heteroatoms. The number of piperidine rings is 2. The van der Waals surface area contributed by atoms with Crippen LogP contribution < -0.4 is 0 Å². The number of aliphatic hydroxyl groups is 1. The van der Waals surface area contributed by atoms with Crippen LogP contribution in [-0.4, -0.2) is 54.2 Å². The van der Waals surface area contributed by atoms with Crippen LogP contribution in [0.3, 0.4) is 0 Å². The van der Waals surface area contributed by atoms with Gasteiger partial charge in [0.1, 0.15) is 0 Å². The van der Waals surface area contributed by atoms with Crippen LogP contribution in [0.25, 0.3) is 0 Å². The van der Waals surface area contributed by atoms with E-state index < -0.39 is 0 Å². The van der Waals surface area contributed by atoms with E-state index in [9.17, 15) is 5.11 Å². The van der Waals surface area contributed by atoms with E-state index in [2.05, 4.69) is 16.8 Å². The standard InChI is InChI=1S/C17H26N2O/c1-18-10-5-8-15-12-19(11-9-16(15)18)13-17(20)14-6-3-2-4-7-14/h2-4,6-7,15-17,20H,5,8-13H2,1H3. The van der Waals surface area contributed by atoms with Gasteiger partial charge in [-0.2, -0.15) is 0 Å². The van der Waals surface area contributed by atoms with E-state index in [0.29, 0.717) is 0 Å². The van der Waals surface area contributed by atoms with Gasteiger partial charge in [-0.3, -0.25) is 0 Å². The first-order chi connectivity index (χ1) is 9.74. The number of benzene rings is 1. The van der Waals surface area contributed by atoms with Gasteiger partial charge in [0.15, 0.2) is 0 Å². The lowest BCUT2D eigenvalue weighted by Gasteiger charge is -2.46. The molecule has 3 rings (SSSR count). The molecule has 1 N–H and O–H groups in total. The molecule has 1 aromatic rings. The number of β-amino-alcohol motifs (C(OH)–C–C–N with tert-alkyl or cyclic N) is 1. The van der Waals surface area contributed by atoms with Crippen molar-refractivity contribution in [2.45, 2.75) is 31.4 Å². The Bertz CT molecular complexity index is 422. The average Bonchev–Trinajstić information content (AvgIpc) is 2.48. The molecule has 3 unspecified atom stereocenters. The van der Waals surface area contributed by atoms with Gasteiger partial charge in [-0.15, -0.1) is 0 Å². The van der Waals surface area contributed by atoms with Crippen LogP contribution in [0.4, 0.5) is 0 Å². The summed E-state index contributed by atoms with van der Waals surface area (Å²) in [6, 6.07) is 10.8. The zero-order valence-corrected chi connectivity index (χ0v) is 12.4. The molecule has 0 spiro atoms. The minimum absolute atomic E-state index is 0.353. The third-order valence-electron chi connectivity index (χ3n) is 5.05. The van der Waals surface area contributed by atoms with Gasteiger partial charge < -0.3 is 14.9 Å². The fourth-order valence-electron chi connectivity index (χ4n) is 3.92. The van der Waals surface area contributed by atoms with Crippen LogP contribution in [0.5, 0.6) is 0 Å². The molecule has 0 bridgehead atoms. The minimum atomic E-state index is -0.353. The van der Waals surface area contributed by atoms with E-state index in [-0.39, 0.29) is 6.10 Å². The zero-order chi connectivity index (χ0) is 13.9. The van der Waals surface area contributed by atoms with E-state index in [4.69, 9.17) is 0 Å². The highest BCUT2D eigenvalue weighted by molar-refractivity contribution is 5.17. The van der Waals surface area contributed by atoms with Gasteiger partial charge in [-0.25, -0.2) is 0 Å². The maximum atomic E-state index is 10.4. The summed E-state index contributed by atoms with van der Waals surface area (Å²) < 4.78 is 0. The molecule has 0 radical (unpaired) electrons. The third kappa shape index (κ3) is 3.05. The van der Waals surface area contributed by atoms with Crippen LogP contribution in [0.1, 0.15) is 30.9 Å². The summed E-state index contributed by atoms with van der Waals surface area (Å²) in [5.74, 6) is 0.797. The largest absolute Gasteiger partial charge is 0.387 e. The molecule has 2 aliphatic heterocycles. The van der Waals surface area contributed by atoms with Crippen molar-refractivity contribution in [3.8, 4) is 0 Å². The monoisotopic (exact) mass is 274 g/mol. The normalized spacial score (nSPS) is 29.9. The van der Waals surface area contributed by atoms with Crippen molar-refractivity contribution in [3.63, 3.8) is 0 Å². The van der Waals surface area contributed by atoms with Crippen LogP contribution in [0.2, 0.25) is 0 Å². The Kier molecular flexibility index (Phi) is 4.39. The molecular formula is C17H26N2O. The molecule has 0 amide bonds. The molecule has 0 aliphatic carbocycles.